The van der Waals surface area contributed by atoms with Gasteiger partial charge in [-0.1, -0.05) is 66.2 Å². The van der Waals surface area contributed by atoms with Crippen molar-refractivity contribution in [1.29, 1.82) is 0 Å². The molecule has 0 aliphatic heterocycles. The van der Waals surface area contributed by atoms with Crippen molar-refractivity contribution < 1.29 is 32.6 Å². The summed E-state index contributed by atoms with van der Waals surface area (Å²) in [6.45, 7) is -0.0225. The molecule has 0 aromatic heterocycles. The first kappa shape index (κ1) is 23.6. The van der Waals surface area contributed by atoms with E-state index in [1.807, 2.05) is 48.5 Å². The third-order valence-electron chi connectivity index (χ3n) is 5.71. The molecule has 1 aliphatic rings. The normalized spacial score (nSPS) is 13.6. The van der Waals surface area contributed by atoms with Gasteiger partial charge in [0.25, 0.3) is 0 Å². The Hall–Kier alpha value is -3.52. The maximum absolute atomic E-state index is 13.1. The van der Waals surface area contributed by atoms with Gasteiger partial charge < -0.3 is 15.2 Å². The molecule has 34 heavy (non-hydrogen) atoms. The van der Waals surface area contributed by atoms with E-state index in [1.165, 1.54) is 6.07 Å². The Labute approximate surface area is 198 Å². The minimum absolute atomic E-state index is 0.0225. The molecule has 3 aromatic rings. The van der Waals surface area contributed by atoms with Gasteiger partial charge in [0.1, 0.15) is 12.6 Å². The largest absolute Gasteiger partial charge is 0.480 e. The van der Waals surface area contributed by atoms with Crippen molar-refractivity contribution in [3.63, 3.8) is 0 Å². The molecule has 5 nitrogen and oxygen atoms in total. The average molecular weight is 490 g/mol. The number of benzene rings is 3. The van der Waals surface area contributed by atoms with Crippen LogP contribution in [0.2, 0.25) is 5.02 Å². The van der Waals surface area contributed by atoms with Gasteiger partial charge in [-0.2, -0.15) is 13.2 Å². The number of carboxylic acid groups (broad SMARTS) is 1. The maximum atomic E-state index is 13.1. The number of hydrogen-bond acceptors (Lipinski definition) is 3. The first-order chi connectivity index (χ1) is 16.1. The van der Waals surface area contributed by atoms with Crippen LogP contribution in [0, 0.1) is 0 Å². The highest BCUT2D eigenvalue weighted by molar-refractivity contribution is 6.31. The summed E-state index contributed by atoms with van der Waals surface area (Å²) in [6.07, 6.45) is -6.04. The van der Waals surface area contributed by atoms with Crippen molar-refractivity contribution in [3.05, 3.63) is 94.0 Å². The number of carbonyl (C=O) groups excluding carboxylic acids is 1. The number of alkyl halides is 3. The van der Waals surface area contributed by atoms with E-state index in [1.54, 1.807) is 0 Å². The Morgan fingerprint density at radius 3 is 2.15 bits per heavy atom. The number of rotatable bonds is 6. The van der Waals surface area contributed by atoms with Gasteiger partial charge in [-0.15, -0.1) is 0 Å². The molecule has 0 saturated heterocycles. The van der Waals surface area contributed by atoms with Crippen molar-refractivity contribution in [2.75, 3.05) is 6.61 Å². The third-order valence-corrected chi connectivity index (χ3v) is 6.04. The number of nitrogens with one attached hydrogen (secondary N) is 1. The Bertz CT molecular complexity index is 1200. The van der Waals surface area contributed by atoms with Crippen molar-refractivity contribution in [1.82, 2.24) is 5.32 Å². The van der Waals surface area contributed by atoms with Crippen LogP contribution < -0.4 is 5.32 Å². The van der Waals surface area contributed by atoms with Gasteiger partial charge in [0.05, 0.1) is 10.6 Å². The van der Waals surface area contributed by atoms with Gasteiger partial charge in [0, 0.05) is 12.3 Å². The third kappa shape index (κ3) is 4.87. The standard InChI is InChI=1S/C25H19ClF3NO4/c26-21-10-9-14(11-20(21)25(27,28)29)12-22(23(31)32)30-24(33)34-13-19-17-7-3-1-5-15(17)16-6-2-4-8-18(16)19/h1-11,19,22H,12-13H2,(H,30,33)(H,31,32). The lowest BCUT2D eigenvalue weighted by atomic mass is 9.98. The van der Waals surface area contributed by atoms with E-state index in [4.69, 9.17) is 16.3 Å². The molecule has 0 saturated carbocycles. The number of amides is 1. The lowest BCUT2D eigenvalue weighted by molar-refractivity contribution is -0.139. The zero-order chi connectivity index (χ0) is 24.5. The first-order valence-electron chi connectivity index (χ1n) is 10.3. The Morgan fingerprint density at radius 2 is 1.59 bits per heavy atom. The van der Waals surface area contributed by atoms with E-state index in [2.05, 4.69) is 5.32 Å². The SMILES string of the molecule is O=C(NC(Cc1ccc(Cl)c(C(F)(F)F)c1)C(=O)O)OCC1c2ccccc2-c2ccccc21. The van der Waals surface area contributed by atoms with Crippen LogP contribution in [-0.2, 0) is 22.1 Å². The van der Waals surface area contributed by atoms with Gasteiger partial charge in [0.2, 0.25) is 0 Å². The fraction of sp³-hybridized carbons (Fsp3) is 0.200. The summed E-state index contributed by atoms with van der Waals surface area (Å²) in [5.41, 5.74) is 3.05. The van der Waals surface area contributed by atoms with Gasteiger partial charge >= 0.3 is 18.2 Å². The number of fused-ring (bicyclic) bond motifs is 3. The van der Waals surface area contributed by atoms with Gasteiger partial charge in [0.15, 0.2) is 0 Å². The molecule has 1 atom stereocenters. The van der Waals surface area contributed by atoms with E-state index in [9.17, 15) is 27.9 Å². The fourth-order valence-corrected chi connectivity index (χ4v) is 4.36. The maximum Gasteiger partial charge on any atom is 0.417 e. The molecular formula is C25H19ClF3NO4. The zero-order valence-corrected chi connectivity index (χ0v) is 18.4. The zero-order valence-electron chi connectivity index (χ0n) is 17.6. The van der Waals surface area contributed by atoms with E-state index in [-0.39, 0.29) is 24.5 Å². The number of ether oxygens (including phenoxy) is 1. The molecule has 0 spiro atoms. The van der Waals surface area contributed by atoms with Crippen LogP contribution >= 0.6 is 11.6 Å². The number of carbonyl (C=O) groups is 2. The van der Waals surface area contributed by atoms with Gasteiger partial charge in [-0.05, 0) is 39.9 Å². The van der Waals surface area contributed by atoms with Gasteiger partial charge in [-0.3, -0.25) is 0 Å². The second kappa shape index (κ2) is 9.38. The van der Waals surface area contributed by atoms with Crippen molar-refractivity contribution in [2.45, 2.75) is 24.6 Å². The van der Waals surface area contributed by atoms with Crippen LogP contribution in [0.3, 0.4) is 0 Å². The van der Waals surface area contributed by atoms with Crippen LogP contribution in [0.1, 0.15) is 28.2 Å². The topological polar surface area (TPSA) is 75.6 Å². The number of halogens is 4. The highest BCUT2D eigenvalue weighted by Crippen LogP contribution is 2.44. The molecule has 1 amide bonds. The first-order valence-corrected chi connectivity index (χ1v) is 10.7. The molecule has 0 bridgehead atoms. The molecule has 3 aromatic carbocycles. The smallest absolute Gasteiger partial charge is 0.417 e. The number of carboxylic acids is 1. The molecule has 1 unspecified atom stereocenters. The molecular weight excluding hydrogens is 471 g/mol. The number of alkyl carbamates (subject to hydrolysis) is 1. The summed E-state index contributed by atoms with van der Waals surface area (Å²) in [5.74, 6) is -1.62. The average Bonchev–Trinajstić information content (AvgIpc) is 3.11. The summed E-state index contributed by atoms with van der Waals surface area (Å²) in [5, 5.41) is 11.2. The van der Waals surface area contributed by atoms with E-state index < -0.39 is 34.9 Å². The molecule has 4 rings (SSSR count). The molecule has 1 aliphatic carbocycles. The van der Waals surface area contributed by atoms with Gasteiger partial charge in [-0.25, -0.2) is 9.59 Å². The predicted molar refractivity (Wildman–Crippen MR) is 120 cm³/mol. The van der Waals surface area contributed by atoms with Crippen molar-refractivity contribution >= 4 is 23.7 Å². The van der Waals surface area contributed by atoms with E-state index >= 15 is 0 Å². The Morgan fingerprint density at radius 1 is 1.00 bits per heavy atom. The monoisotopic (exact) mass is 489 g/mol. The van der Waals surface area contributed by atoms with Crippen LogP contribution in [0.25, 0.3) is 11.1 Å². The number of aliphatic carboxylic acids is 1. The van der Waals surface area contributed by atoms with Crippen molar-refractivity contribution in [3.8, 4) is 11.1 Å². The quantitative estimate of drug-likeness (QED) is 0.452. The van der Waals surface area contributed by atoms with Crippen LogP contribution in [0.4, 0.5) is 18.0 Å². The molecule has 0 radical (unpaired) electrons. The fourth-order valence-electron chi connectivity index (χ4n) is 4.13. The Balaban J connectivity index is 1.44. The van der Waals surface area contributed by atoms with Crippen LogP contribution in [0.5, 0.6) is 0 Å². The minimum atomic E-state index is -4.69. The molecule has 9 heteroatoms. The molecule has 176 valence electrons. The van der Waals surface area contributed by atoms with Crippen LogP contribution in [-0.4, -0.2) is 29.8 Å². The second-order valence-corrected chi connectivity index (χ2v) is 8.28. The summed E-state index contributed by atoms with van der Waals surface area (Å²) in [4.78, 5) is 24.1. The molecule has 0 heterocycles. The lowest BCUT2D eigenvalue weighted by Crippen LogP contribution is -2.43. The molecule has 2 N–H and O–H groups in total. The summed E-state index contributed by atoms with van der Waals surface area (Å²) in [6, 6.07) is 17.1. The highest BCUT2D eigenvalue weighted by atomic mass is 35.5. The van der Waals surface area contributed by atoms with Crippen molar-refractivity contribution in [2.24, 2.45) is 0 Å². The van der Waals surface area contributed by atoms with E-state index in [0.717, 1.165) is 34.4 Å². The highest BCUT2D eigenvalue weighted by Gasteiger charge is 2.34. The van der Waals surface area contributed by atoms with Crippen LogP contribution in [0.15, 0.2) is 66.7 Å². The Kier molecular flexibility index (Phi) is 6.52. The molecule has 0 fully saturated rings. The summed E-state index contributed by atoms with van der Waals surface area (Å²) >= 11 is 5.61. The van der Waals surface area contributed by atoms with E-state index in [0.29, 0.717) is 0 Å². The predicted octanol–water partition coefficient (Wildman–Crippen LogP) is 5.89. The summed E-state index contributed by atoms with van der Waals surface area (Å²) < 4.78 is 44.7. The minimum Gasteiger partial charge on any atom is -0.480 e. The lowest BCUT2D eigenvalue weighted by Gasteiger charge is -2.18. The second-order valence-electron chi connectivity index (χ2n) is 7.88. The summed E-state index contributed by atoms with van der Waals surface area (Å²) in [7, 11) is 0. The number of hydrogen-bond donors (Lipinski definition) is 2.